The van der Waals surface area contributed by atoms with Crippen LogP contribution in [0.1, 0.15) is 5.69 Å². The standard InChI is InChI=1S/C19H21N3O/c1-21(2)12-17-18(14-8-4-3-5-9-14)15-10-6-7-11-16(15)19(23)22(17)13-20/h3-11H,12-13,20H2,1-2H3. The van der Waals surface area contributed by atoms with Crippen molar-refractivity contribution in [1.29, 1.82) is 0 Å². The summed E-state index contributed by atoms with van der Waals surface area (Å²) in [5.41, 5.74) is 9.02. The summed E-state index contributed by atoms with van der Waals surface area (Å²) in [4.78, 5) is 14.9. The molecule has 1 heterocycles. The quantitative estimate of drug-likeness (QED) is 0.806. The van der Waals surface area contributed by atoms with E-state index in [9.17, 15) is 4.79 Å². The summed E-state index contributed by atoms with van der Waals surface area (Å²) in [5, 5.41) is 1.68. The van der Waals surface area contributed by atoms with E-state index >= 15 is 0 Å². The first-order valence-corrected chi connectivity index (χ1v) is 7.68. The number of nitrogens with zero attached hydrogens (tertiary/aromatic N) is 2. The van der Waals surface area contributed by atoms with Crippen molar-refractivity contribution >= 4 is 10.8 Å². The van der Waals surface area contributed by atoms with Crippen molar-refractivity contribution in [3.8, 4) is 11.1 Å². The van der Waals surface area contributed by atoms with Gasteiger partial charge in [0.1, 0.15) is 0 Å². The van der Waals surface area contributed by atoms with Crippen LogP contribution in [0.4, 0.5) is 0 Å². The highest BCUT2D eigenvalue weighted by Crippen LogP contribution is 2.31. The first-order chi connectivity index (χ1) is 11.1. The molecule has 0 aliphatic heterocycles. The highest BCUT2D eigenvalue weighted by atomic mass is 16.1. The van der Waals surface area contributed by atoms with Gasteiger partial charge in [0, 0.05) is 23.2 Å². The van der Waals surface area contributed by atoms with E-state index in [-0.39, 0.29) is 12.2 Å². The molecule has 3 rings (SSSR count). The Morgan fingerprint density at radius 1 is 0.957 bits per heavy atom. The average Bonchev–Trinajstić information content (AvgIpc) is 2.56. The molecule has 0 saturated heterocycles. The summed E-state index contributed by atoms with van der Waals surface area (Å²) in [7, 11) is 3.99. The van der Waals surface area contributed by atoms with Crippen molar-refractivity contribution in [3.05, 3.63) is 70.6 Å². The van der Waals surface area contributed by atoms with Gasteiger partial charge in [-0.05, 0) is 31.1 Å². The molecule has 4 nitrogen and oxygen atoms in total. The predicted molar refractivity (Wildman–Crippen MR) is 95.2 cm³/mol. The Balaban J connectivity index is 2.47. The summed E-state index contributed by atoms with van der Waals surface area (Å²) in [6.07, 6.45) is 0. The molecule has 0 radical (unpaired) electrons. The molecule has 0 atom stereocenters. The zero-order valence-electron chi connectivity index (χ0n) is 13.5. The topological polar surface area (TPSA) is 51.3 Å². The van der Waals surface area contributed by atoms with Gasteiger partial charge >= 0.3 is 0 Å². The van der Waals surface area contributed by atoms with E-state index in [0.717, 1.165) is 22.2 Å². The Morgan fingerprint density at radius 3 is 2.17 bits per heavy atom. The summed E-state index contributed by atoms with van der Waals surface area (Å²) < 4.78 is 1.69. The van der Waals surface area contributed by atoms with E-state index in [1.165, 1.54) is 0 Å². The molecule has 0 bridgehead atoms. The second-order valence-electron chi connectivity index (χ2n) is 5.89. The Labute approximate surface area is 135 Å². The van der Waals surface area contributed by atoms with E-state index in [0.29, 0.717) is 11.9 Å². The molecule has 2 aromatic carbocycles. The third kappa shape index (κ3) is 2.79. The lowest BCUT2D eigenvalue weighted by molar-refractivity contribution is 0.386. The van der Waals surface area contributed by atoms with Crippen LogP contribution >= 0.6 is 0 Å². The molecule has 118 valence electrons. The molecule has 0 unspecified atom stereocenters. The Morgan fingerprint density at radius 2 is 1.57 bits per heavy atom. The molecule has 0 aliphatic carbocycles. The van der Waals surface area contributed by atoms with E-state index in [1.807, 2.05) is 56.6 Å². The van der Waals surface area contributed by atoms with Gasteiger partial charge < -0.3 is 10.6 Å². The zero-order valence-corrected chi connectivity index (χ0v) is 13.5. The molecular formula is C19H21N3O. The van der Waals surface area contributed by atoms with Gasteiger partial charge in [0.25, 0.3) is 5.56 Å². The monoisotopic (exact) mass is 307 g/mol. The van der Waals surface area contributed by atoms with Crippen molar-refractivity contribution in [2.45, 2.75) is 13.2 Å². The van der Waals surface area contributed by atoms with Crippen LogP contribution in [0.3, 0.4) is 0 Å². The maximum absolute atomic E-state index is 12.8. The summed E-state index contributed by atoms with van der Waals surface area (Å²) in [6, 6.07) is 17.9. The van der Waals surface area contributed by atoms with Gasteiger partial charge in [-0.25, -0.2) is 0 Å². The normalized spacial score (nSPS) is 11.3. The maximum atomic E-state index is 12.8. The molecule has 0 aliphatic rings. The van der Waals surface area contributed by atoms with Crippen molar-refractivity contribution in [1.82, 2.24) is 9.47 Å². The van der Waals surface area contributed by atoms with E-state index in [4.69, 9.17) is 5.73 Å². The first kappa shape index (κ1) is 15.5. The van der Waals surface area contributed by atoms with Gasteiger partial charge in [-0.2, -0.15) is 0 Å². The van der Waals surface area contributed by atoms with Crippen molar-refractivity contribution in [2.75, 3.05) is 14.1 Å². The highest BCUT2D eigenvalue weighted by molar-refractivity contribution is 5.97. The minimum Gasteiger partial charge on any atom is -0.313 e. The number of aromatic nitrogens is 1. The van der Waals surface area contributed by atoms with Crippen LogP contribution in [0.2, 0.25) is 0 Å². The van der Waals surface area contributed by atoms with Crippen LogP contribution in [0.15, 0.2) is 59.4 Å². The van der Waals surface area contributed by atoms with Crippen LogP contribution in [0.5, 0.6) is 0 Å². The van der Waals surface area contributed by atoms with Crippen molar-refractivity contribution < 1.29 is 0 Å². The van der Waals surface area contributed by atoms with Crippen LogP contribution < -0.4 is 11.3 Å². The number of benzene rings is 2. The van der Waals surface area contributed by atoms with Gasteiger partial charge in [0.2, 0.25) is 0 Å². The van der Waals surface area contributed by atoms with Crippen molar-refractivity contribution in [3.63, 3.8) is 0 Å². The second-order valence-corrected chi connectivity index (χ2v) is 5.89. The number of hydrogen-bond acceptors (Lipinski definition) is 3. The fraction of sp³-hybridized carbons (Fsp3) is 0.211. The van der Waals surface area contributed by atoms with Crippen LogP contribution in [-0.4, -0.2) is 23.6 Å². The fourth-order valence-electron chi connectivity index (χ4n) is 3.03. The lowest BCUT2D eigenvalue weighted by Gasteiger charge is -2.21. The molecule has 0 saturated carbocycles. The summed E-state index contributed by atoms with van der Waals surface area (Å²) in [6.45, 7) is 0.828. The molecule has 0 amide bonds. The molecule has 23 heavy (non-hydrogen) atoms. The van der Waals surface area contributed by atoms with Gasteiger partial charge in [0.05, 0.1) is 6.67 Å². The summed E-state index contributed by atoms with van der Waals surface area (Å²) >= 11 is 0. The zero-order chi connectivity index (χ0) is 16.4. The third-order valence-electron chi connectivity index (χ3n) is 4.00. The van der Waals surface area contributed by atoms with E-state index < -0.39 is 0 Å². The first-order valence-electron chi connectivity index (χ1n) is 7.68. The fourth-order valence-corrected chi connectivity index (χ4v) is 3.03. The van der Waals surface area contributed by atoms with Gasteiger partial charge in [-0.1, -0.05) is 48.5 Å². The van der Waals surface area contributed by atoms with Crippen molar-refractivity contribution in [2.24, 2.45) is 5.73 Å². The van der Waals surface area contributed by atoms with Gasteiger partial charge in [-0.15, -0.1) is 0 Å². The van der Waals surface area contributed by atoms with Crippen LogP contribution in [0, 0.1) is 0 Å². The lowest BCUT2D eigenvalue weighted by atomic mass is 9.96. The van der Waals surface area contributed by atoms with E-state index in [1.54, 1.807) is 4.57 Å². The maximum Gasteiger partial charge on any atom is 0.259 e. The number of fused-ring (bicyclic) bond motifs is 1. The molecule has 2 N–H and O–H groups in total. The van der Waals surface area contributed by atoms with Gasteiger partial charge in [-0.3, -0.25) is 9.36 Å². The number of rotatable bonds is 4. The second kappa shape index (κ2) is 6.36. The Hall–Kier alpha value is -2.43. The SMILES string of the molecule is CN(C)Cc1c(-c2ccccc2)c2ccccc2c(=O)n1CN. The van der Waals surface area contributed by atoms with Crippen LogP contribution in [-0.2, 0) is 13.2 Å². The Kier molecular flexibility index (Phi) is 4.28. The average molecular weight is 307 g/mol. The molecule has 3 aromatic rings. The molecule has 0 spiro atoms. The number of hydrogen-bond donors (Lipinski definition) is 1. The third-order valence-corrected chi connectivity index (χ3v) is 4.00. The summed E-state index contributed by atoms with van der Waals surface area (Å²) in [5.74, 6) is 0. The smallest absolute Gasteiger partial charge is 0.259 e. The molecule has 4 heteroatoms. The Bertz CT molecular complexity index is 882. The molecule has 1 aromatic heterocycles. The minimum absolute atomic E-state index is 0.0281. The molecule has 0 fully saturated rings. The minimum atomic E-state index is -0.0281. The van der Waals surface area contributed by atoms with E-state index in [2.05, 4.69) is 17.0 Å². The van der Waals surface area contributed by atoms with Gasteiger partial charge in [0.15, 0.2) is 0 Å². The highest BCUT2D eigenvalue weighted by Gasteiger charge is 2.17. The predicted octanol–water partition coefficient (Wildman–Crippen LogP) is 2.65. The lowest BCUT2D eigenvalue weighted by Crippen LogP contribution is -2.30. The van der Waals surface area contributed by atoms with Crippen LogP contribution in [0.25, 0.3) is 21.9 Å². The number of pyridine rings is 1. The molecular weight excluding hydrogens is 286 g/mol. The number of nitrogens with two attached hydrogens (primary N) is 1. The largest absolute Gasteiger partial charge is 0.313 e.